The largest absolute Gasteiger partial charge is 0.343 e. The number of piperidine rings is 1. The second-order valence-corrected chi connectivity index (χ2v) is 6.99. The van der Waals surface area contributed by atoms with E-state index in [1.807, 2.05) is 28.6 Å². The number of aromatic nitrogens is 1. The minimum atomic E-state index is 0.221. The molecule has 3 heterocycles. The van der Waals surface area contributed by atoms with Crippen LogP contribution in [0.25, 0.3) is 0 Å². The van der Waals surface area contributed by atoms with Crippen LogP contribution >= 0.6 is 11.8 Å². The highest BCUT2D eigenvalue weighted by molar-refractivity contribution is 8.16. The van der Waals surface area contributed by atoms with Gasteiger partial charge in [0.15, 0.2) is 0 Å². The molecule has 0 aliphatic carbocycles. The van der Waals surface area contributed by atoms with Gasteiger partial charge in [0.05, 0.1) is 11.6 Å². The van der Waals surface area contributed by atoms with E-state index in [-0.39, 0.29) is 5.91 Å². The second kappa shape index (κ2) is 8.24. The fraction of sp³-hybridized carbons (Fsp3) is 0.444. The van der Waals surface area contributed by atoms with Crippen molar-refractivity contribution >= 4 is 29.0 Å². The molecule has 0 aromatic carbocycles. The van der Waals surface area contributed by atoms with Crippen molar-refractivity contribution in [2.45, 2.75) is 25.7 Å². The lowest BCUT2D eigenvalue weighted by Gasteiger charge is -2.32. The Morgan fingerprint density at radius 1 is 1.38 bits per heavy atom. The van der Waals surface area contributed by atoms with Gasteiger partial charge in [-0.05, 0) is 36.3 Å². The van der Waals surface area contributed by atoms with Crippen LogP contribution in [0.5, 0.6) is 0 Å². The van der Waals surface area contributed by atoms with Crippen molar-refractivity contribution in [3.05, 3.63) is 41.1 Å². The lowest BCUT2D eigenvalue weighted by Crippen LogP contribution is -2.40. The van der Waals surface area contributed by atoms with Crippen LogP contribution in [0.4, 0.5) is 0 Å². The van der Waals surface area contributed by atoms with Crippen LogP contribution < -0.4 is 0 Å². The van der Waals surface area contributed by atoms with Crippen LogP contribution in [0.3, 0.4) is 0 Å². The van der Waals surface area contributed by atoms with Gasteiger partial charge in [0, 0.05) is 43.4 Å². The number of thioether (sulfide) groups is 1. The number of aldehydes is 1. The summed E-state index contributed by atoms with van der Waals surface area (Å²) in [5.74, 6) is 0.639. The monoisotopic (exact) mass is 343 g/mol. The molecule has 1 aromatic heterocycles. The van der Waals surface area contributed by atoms with Crippen molar-refractivity contribution in [2.75, 3.05) is 19.6 Å². The third-order valence-electron chi connectivity index (χ3n) is 4.45. The first kappa shape index (κ1) is 16.9. The van der Waals surface area contributed by atoms with Crippen molar-refractivity contribution < 1.29 is 9.59 Å². The molecule has 0 bridgehead atoms. The topological polar surface area (TPSA) is 62.6 Å². The van der Waals surface area contributed by atoms with E-state index in [0.29, 0.717) is 18.9 Å². The van der Waals surface area contributed by atoms with Gasteiger partial charge in [0.25, 0.3) is 0 Å². The quantitative estimate of drug-likeness (QED) is 0.771. The Kier molecular flexibility index (Phi) is 5.80. The third-order valence-corrected chi connectivity index (χ3v) is 5.57. The zero-order valence-electron chi connectivity index (χ0n) is 13.6. The molecule has 1 amide bonds. The Labute approximate surface area is 146 Å². The lowest BCUT2D eigenvalue weighted by molar-refractivity contribution is -0.132. The highest BCUT2D eigenvalue weighted by Gasteiger charge is 2.26. The van der Waals surface area contributed by atoms with Gasteiger partial charge in [-0.3, -0.25) is 19.6 Å². The molecule has 2 aliphatic rings. The molecule has 0 unspecified atom stereocenters. The van der Waals surface area contributed by atoms with Gasteiger partial charge in [-0.15, -0.1) is 0 Å². The van der Waals surface area contributed by atoms with E-state index >= 15 is 0 Å². The Hall–Kier alpha value is -1.95. The van der Waals surface area contributed by atoms with E-state index in [9.17, 15) is 9.59 Å². The Bertz CT molecular complexity index is 649. The molecule has 0 atom stereocenters. The van der Waals surface area contributed by atoms with Crippen LogP contribution in [0.2, 0.25) is 0 Å². The molecule has 5 nitrogen and oxygen atoms in total. The molecular weight excluding hydrogens is 322 g/mol. The number of nitrogens with zero attached hydrogens (tertiary/aromatic N) is 3. The SMILES string of the molecule is O=CC1=CSC(C2CCN(C(=O)CCc3cccnc3)CC2)=NC1. The van der Waals surface area contributed by atoms with Crippen molar-refractivity contribution in [1.29, 1.82) is 0 Å². The Morgan fingerprint density at radius 3 is 2.83 bits per heavy atom. The highest BCUT2D eigenvalue weighted by Crippen LogP contribution is 2.28. The summed E-state index contributed by atoms with van der Waals surface area (Å²) in [6, 6.07) is 3.91. The first-order chi connectivity index (χ1) is 11.8. The predicted octanol–water partition coefficient (Wildman–Crippen LogP) is 2.48. The Morgan fingerprint density at radius 2 is 2.21 bits per heavy atom. The van der Waals surface area contributed by atoms with Gasteiger partial charge in [-0.2, -0.15) is 0 Å². The van der Waals surface area contributed by atoms with Crippen LogP contribution in [0, 0.1) is 5.92 Å². The van der Waals surface area contributed by atoms with E-state index < -0.39 is 0 Å². The fourth-order valence-electron chi connectivity index (χ4n) is 3.00. The number of carbonyl (C=O) groups excluding carboxylic acids is 2. The first-order valence-corrected chi connectivity index (χ1v) is 9.16. The van der Waals surface area contributed by atoms with Gasteiger partial charge < -0.3 is 4.90 Å². The summed E-state index contributed by atoms with van der Waals surface area (Å²) in [4.78, 5) is 33.7. The van der Waals surface area contributed by atoms with Crippen molar-refractivity contribution in [2.24, 2.45) is 10.9 Å². The highest BCUT2D eigenvalue weighted by atomic mass is 32.2. The van der Waals surface area contributed by atoms with Crippen LogP contribution in [-0.2, 0) is 16.0 Å². The maximum atomic E-state index is 12.4. The predicted molar refractivity (Wildman–Crippen MR) is 95.9 cm³/mol. The molecule has 126 valence electrons. The second-order valence-electron chi connectivity index (χ2n) is 6.10. The van der Waals surface area contributed by atoms with Gasteiger partial charge in [-0.25, -0.2) is 0 Å². The zero-order valence-corrected chi connectivity index (χ0v) is 14.4. The molecule has 1 saturated heterocycles. The standard InChI is InChI=1S/C18H21N3O2S/c22-12-15-11-20-18(24-13-15)16-5-8-21(9-6-16)17(23)4-3-14-2-1-7-19-10-14/h1-2,7,10,12-13,16H,3-6,8-9,11H2. The molecule has 1 fully saturated rings. The summed E-state index contributed by atoms with van der Waals surface area (Å²) >= 11 is 1.57. The number of pyridine rings is 1. The van der Waals surface area contributed by atoms with Crippen molar-refractivity contribution in [3.8, 4) is 0 Å². The normalized spacial score (nSPS) is 18.8. The summed E-state index contributed by atoms with van der Waals surface area (Å²) in [5.41, 5.74) is 1.85. The summed E-state index contributed by atoms with van der Waals surface area (Å²) < 4.78 is 0. The van der Waals surface area contributed by atoms with Crippen molar-refractivity contribution in [1.82, 2.24) is 9.88 Å². The number of hydrogen-bond acceptors (Lipinski definition) is 5. The summed E-state index contributed by atoms with van der Waals surface area (Å²) in [7, 11) is 0. The van der Waals surface area contributed by atoms with Crippen LogP contribution in [-0.4, -0.2) is 46.8 Å². The number of likely N-dealkylation sites (tertiary alicyclic amines) is 1. The molecule has 0 saturated carbocycles. The van der Waals surface area contributed by atoms with Crippen LogP contribution in [0.1, 0.15) is 24.8 Å². The van der Waals surface area contributed by atoms with E-state index in [0.717, 1.165) is 54.8 Å². The minimum Gasteiger partial charge on any atom is -0.343 e. The van der Waals surface area contributed by atoms with Gasteiger partial charge in [0.1, 0.15) is 6.29 Å². The zero-order chi connectivity index (χ0) is 16.8. The maximum Gasteiger partial charge on any atom is 0.222 e. The number of rotatable bonds is 5. The molecule has 0 N–H and O–H groups in total. The van der Waals surface area contributed by atoms with Crippen LogP contribution in [0.15, 0.2) is 40.5 Å². The molecular formula is C18H21N3O2S. The lowest BCUT2D eigenvalue weighted by atomic mass is 9.97. The number of aryl methyl sites for hydroxylation is 1. The van der Waals surface area contributed by atoms with E-state index in [4.69, 9.17) is 0 Å². The number of amides is 1. The molecule has 0 radical (unpaired) electrons. The fourth-order valence-corrected chi connectivity index (χ4v) is 3.97. The molecule has 6 heteroatoms. The van der Waals surface area contributed by atoms with E-state index in [1.165, 1.54) is 0 Å². The van der Waals surface area contributed by atoms with Gasteiger partial charge in [0.2, 0.25) is 5.91 Å². The van der Waals surface area contributed by atoms with Crippen molar-refractivity contribution in [3.63, 3.8) is 0 Å². The molecule has 3 rings (SSSR count). The molecule has 1 aromatic rings. The van der Waals surface area contributed by atoms with E-state index in [1.54, 1.807) is 18.0 Å². The van der Waals surface area contributed by atoms with E-state index in [2.05, 4.69) is 9.98 Å². The Balaban J connectivity index is 1.44. The first-order valence-electron chi connectivity index (χ1n) is 8.28. The average Bonchev–Trinajstić information content (AvgIpc) is 2.67. The summed E-state index contributed by atoms with van der Waals surface area (Å²) in [5, 5.41) is 3.02. The average molecular weight is 343 g/mol. The summed E-state index contributed by atoms with van der Waals surface area (Å²) in [6.07, 6.45) is 7.63. The molecule has 24 heavy (non-hydrogen) atoms. The minimum absolute atomic E-state index is 0.221. The molecule has 2 aliphatic heterocycles. The third kappa shape index (κ3) is 4.32. The van der Waals surface area contributed by atoms with Gasteiger partial charge >= 0.3 is 0 Å². The molecule has 0 spiro atoms. The number of carbonyl (C=O) groups is 2. The number of hydrogen-bond donors (Lipinski definition) is 0. The summed E-state index contributed by atoms with van der Waals surface area (Å²) in [6.45, 7) is 2.08. The van der Waals surface area contributed by atoms with Gasteiger partial charge in [-0.1, -0.05) is 17.8 Å². The number of aliphatic imine (C=N–C) groups is 1. The maximum absolute atomic E-state index is 12.4. The smallest absolute Gasteiger partial charge is 0.222 e.